The monoisotopic (exact) mass is 522 g/mol. The van der Waals surface area contributed by atoms with Crippen LogP contribution in [0.15, 0.2) is 27.9 Å². The van der Waals surface area contributed by atoms with Crippen LogP contribution in [0, 0.1) is 6.92 Å². The first-order chi connectivity index (χ1) is 17.8. The van der Waals surface area contributed by atoms with Crippen molar-refractivity contribution < 1.29 is 24.5 Å². The van der Waals surface area contributed by atoms with E-state index in [4.69, 9.17) is 9.47 Å². The molecule has 2 rings (SSSR count). The van der Waals surface area contributed by atoms with Crippen molar-refractivity contribution in [3.8, 4) is 0 Å². The SMILES string of the molecule is CCCCCCC=CCCCCCCCCCC(=O)OC[C@H]1O[C@@H](n2cc(C)c(=O)[nH]c2=O)[C@@H](O)[C@@H]1O. The number of hydrogen-bond donors (Lipinski definition) is 3. The minimum Gasteiger partial charge on any atom is -0.463 e. The van der Waals surface area contributed by atoms with Gasteiger partial charge in [-0.25, -0.2) is 4.79 Å². The third-order valence-corrected chi connectivity index (χ3v) is 6.81. The number of aliphatic hydroxyl groups is 2. The van der Waals surface area contributed by atoms with Gasteiger partial charge in [-0.3, -0.25) is 19.1 Å². The van der Waals surface area contributed by atoms with Gasteiger partial charge in [-0.1, -0.05) is 70.4 Å². The van der Waals surface area contributed by atoms with Gasteiger partial charge in [-0.15, -0.1) is 0 Å². The number of aliphatic hydroxyl groups excluding tert-OH is 2. The second kappa shape index (κ2) is 17.3. The maximum Gasteiger partial charge on any atom is 0.330 e. The van der Waals surface area contributed by atoms with Crippen molar-refractivity contribution in [1.82, 2.24) is 9.55 Å². The van der Waals surface area contributed by atoms with E-state index in [2.05, 4.69) is 24.1 Å². The van der Waals surface area contributed by atoms with Crippen LogP contribution in [0.1, 0.15) is 109 Å². The number of aryl methyl sites for hydroxylation is 1. The van der Waals surface area contributed by atoms with Gasteiger partial charge in [0.2, 0.25) is 0 Å². The second-order valence-corrected chi connectivity index (χ2v) is 10.0. The number of carbonyl (C=O) groups is 1. The molecular formula is C28H46N2O7. The van der Waals surface area contributed by atoms with E-state index in [1.54, 1.807) is 0 Å². The minimum absolute atomic E-state index is 0.224. The lowest BCUT2D eigenvalue weighted by molar-refractivity contribution is -0.150. The van der Waals surface area contributed by atoms with Crippen LogP contribution in [0.5, 0.6) is 0 Å². The van der Waals surface area contributed by atoms with Crippen molar-refractivity contribution in [2.45, 2.75) is 128 Å². The molecule has 4 atom stereocenters. The van der Waals surface area contributed by atoms with E-state index >= 15 is 0 Å². The van der Waals surface area contributed by atoms with Gasteiger partial charge in [0.1, 0.15) is 24.9 Å². The van der Waals surface area contributed by atoms with Gasteiger partial charge in [0, 0.05) is 18.2 Å². The van der Waals surface area contributed by atoms with Crippen LogP contribution >= 0.6 is 0 Å². The molecule has 1 aliphatic heterocycles. The Kier molecular flexibility index (Phi) is 14.5. The quantitative estimate of drug-likeness (QED) is 0.151. The summed E-state index contributed by atoms with van der Waals surface area (Å²) in [5, 5.41) is 20.6. The fourth-order valence-electron chi connectivity index (χ4n) is 4.46. The molecule has 1 aromatic heterocycles. The Morgan fingerprint density at radius 2 is 1.57 bits per heavy atom. The lowest BCUT2D eigenvalue weighted by Gasteiger charge is -2.17. The van der Waals surface area contributed by atoms with Crippen LogP contribution < -0.4 is 11.2 Å². The zero-order valence-electron chi connectivity index (χ0n) is 22.5. The second-order valence-electron chi connectivity index (χ2n) is 10.0. The Balaban J connectivity index is 1.53. The van der Waals surface area contributed by atoms with E-state index in [0.717, 1.165) is 30.3 Å². The average molecular weight is 523 g/mol. The number of rotatable bonds is 18. The molecule has 9 nitrogen and oxygen atoms in total. The Morgan fingerprint density at radius 1 is 0.973 bits per heavy atom. The molecule has 1 aromatic rings. The largest absolute Gasteiger partial charge is 0.463 e. The fraction of sp³-hybridized carbons (Fsp3) is 0.750. The molecule has 0 saturated carbocycles. The topological polar surface area (TPSA) is 131 Å². The van der Waals surface area contributed by atoms with Crippen molar-refractivity contribution in [3.05, 3.63) is 44.8 Å². The molecular weight excluding hydrogens is 476 g/mol. The standard InChI is InChI=1S/C28H46N2O7/c1-3-4-5-6-7-8-9-10-11-12-13-14-15-16-17-18-23(31)36-20-22-24(32)25(33)27(37-22)30-19-21(2)26(34)29-28(30)35/h8-9,19,22,24-25,27,32-33H,3-7,10-18,20H2,1-2H3,(H,29,34,35)/t22-,24-,25+,27-/m1/s1. The highest BCUT2D eigenvalue weighted by Crippen LogP contribution is 2.28. The number of nitrogens with zero attached hydrogens (tertiary/aromatic N) is 1. The number of carbonyl (C=O) groups excluding carboxylic acids is 1. The highest BCUT2D eigenvalue weighted by atomic mass is 16.6. The number of aromatic nitrogens is 2. The number of esters is 1. The van der Waals surface area contributed by atoms with Gasteiger partial charge in [-0.05, 0) is 39.0 Å². The van der Waals surface area contributed by atoms with Crippen molar-refractivity contribution in [3.63, 3.8) is 0 Å². The van der Waals surface area contributed by atoms with Crippen molar-refractivity contribution in [1.29, 1.82) is 0 Å². The van der Waals surface area contributed by atoms with Gasteiger partial charge < -0.3 is 19.7 Å². The maximum atomic E-state index is 12.1. The summed E-state index contributed by atoms with van der Waals surface area (Å²) in [6.07, 6.45) is 16.6. The molecule has 0 unspecified atom stereocenters. The zero-order valence-corrected chi connectivity index (χ0v) is 22.5. The lowest BCUT2D eigenvalue weighted by atomic mass is 10.1. The van der Waals surface area contributed by atoms with Crippen molar-refractivity contribution in [2.24, 2.45) is 0 Å². The van der Waals surface area contributed by atoms with E-state index in [-0.39, 0.29) is 24.6 Å². The molecule has 1 saturated heterocycles. The first-order valence-corrected chi connectivity index (χ1v) is 14.0. The predicted octanol–water partition coefficient (Wildman–Crippen LogP) is 4.04. The summed E-state index contributed by atoms with van der Waals surface area (Å²) in [4.78, 5) is 37.9. The van der Waals surface area contributed by atoms with E-state index in [9.17, 15) is 24.6 Å². The molecule has 2 heterocycles. The summed E-state index contributed by atoms with van der Waals surface area (Å²) in [5.41, 5.74) is -1.02. The fourth-order valence-corrected chi connectivity index (χ4v) is 4.46. The summed E-state index contributed by atoms with van der Waals surface area (Å²) in [5.74, 6) is -0.382. The van der Waals surface area contributed by atoms with Crippen molar-refractivity contribution >= 4 is 5.97 Å². The van der Waals surface area contributed by atoms with Crippen LogP contribution in [-0.4, -0.2) is 50.7 Å². The van der Waals surface area contributed by atoms with Gasteiger partial charge in [0.25, 0.3) is 5.56 Å². The third-order valence-electron chi connectivity index (χ3n) is 6.81. The van der Waals surface area contributed by atoms with Crippen LogP contribution in [-0.2, 0) is 14.3 Å². The molecule has 3 N–H and O–H groups in total. The van der Waals surface area contributed by atoms with E-state index in [1.807, 2.05) is 0 Å². The van der Waals surface area contributed by atoms with Gasteiger partial charge in [0.05, 0.1) is 0 Å². The number of nitrogens with one attached hydrogen (secondary N) is 1. The molecule has 0 aliphatic carbocycles. The molecule has 1 fully saturated rings. The molecule has 37 heavy (non-hydrogen) atoms. The molecule has 9 heteroatoms. The summed E-state index contributed by atoms with van der Waals surface area (Å²) in [7, 11) is 0. The Bertz CT molecular complexity index is 939. The first kappa shape index (κ1) is 31.0. The molecule has 1 aliphatic rings. The number of hydrogen-bond acceptors (Lipinski definition) is 7. The summed E-state index contributed by atoms with van der Waals surface area (Å²) in [6.45, 7) is 3.53. The van der Waals surface area contributed by atoms with Gasteiger partial charge in [-0.2, -0.15) is 0 Å². The molecule has 0 radical (unpaired) electrons. The van der Waals surface area contributed by atoms with Crippen LogP contribution in [0.25, 0.3) is 0 Å². The van der Waals surface area contributed by atoms with E-state index < -0.39 is 35.8 Å². The summed E-state index contributed by atoms with van der Waals surface area (Å²) < 4.78 is 11.8. The molecule has 0 aromatic carbocycles. The van der Waals surface area contributed by atoms with Gasteiger partial charge >= 0.3 is 11.7 Å². The number of allylic oxidation sites excluding steroid dienone is 2. The maximum absolute atomic E-state index is 12.1. The predicted molar refractivity (Wildman–Crippen MR) is 142 cm³/mol. The Morgan fingerprint density at radius 3 is 2.22 bits per heavy atom. The third kappa shape index (κ3) is 11.0. The number of ether oxygens (including phenoxy) is 2. The number of unbranched alkanes of at least 4 members (excludes halogenated alkanes) is 11. The van der Waals surface area contributed by atoms with Crippen molar-refractivity contribution in [2.75, 3.05) is 6.61 Å². The zero-order chi connectivity index (χ0) is 27.0. The Hall–Kier alpha value is -2.23. The van der Waals surface area contributed by atoms with Crippen LogP contribution in [0.3, 0.4) is 0 Å². The average Bonchev–Trinajstić information content (AvgIpc) is 3.15. The molecule has 0 bridgehead atoms. The highest BCUT2D eigenvalue weighted by molar-refractivity contribution is 5.69. The summed E-state index contributed by atoms with van der Waals surface area (Å²) in [6, 6.07) is 0. The van der Waals surface area contributed by atoms with Crippen LogP contribution in [0.2, 0.25) is 0 Å². The Labute approximate surface area is 219 Å². The molecule has 0 amide bonds. The normalized spacial score (nSPS) is 21.6. The molecule has 210 valence electrons. The number of H-pyrrole nitrogens is 1. The molecule has 0 spiro atoms. The summed E-state index contributed by atoms with van der Waals surface area (Å²) >= 11 is 0. The lowest BCUT2D eigenvalue weighted by Crippen LogP contribution is -2.38. The van der Waals surface area contributed by atoms with E-state index in [1.165, 1.54) is 70.9 Å². The van der Waals surface area contributed by atoms with E-state index in [0.29, 0.717) is 0 Å². The minimum atomic E-state index is -1.40. The van der Waals surface area contributed by atoms with Gasteiger partial charge in [0.15, 0.2) is 6.23 Å². The smallest absolute Gasteiger partial charge is 0.330 e. The van der Waals surface area contributed by atoms with Crippen LogP contribution in [0.4, 0.5) is 0 Å². The first-order valence-electron chi connectivity index (χ1n) is 14.0. The highest BCUT2D eigenvalue weighted by Gasteiger charge is 2.44. The number of aromatic amines is 1.